The zero-order valence-corrected chi connectivity index (χ0v) is 18.8. The highest BCUT2D eigenvalue weighted by Gasteiger charge is 2.38. The van der Waals surface area contributed by atoms with Gasteiger partial charge in [-0.3, -0.25) is 9.59 Å². The Balaban J connectivity index is 1.38. The lowest BCUT2D eigenvalue weighted by molar-refractivity contribution is -0.159. The number of amides is 2. The first-order valence-corrected chi connectivity index (χ1v) is 11.2. The summed E-state index contributed by atoms with van der Waals surface area (Å²) in [7, 11) is 0. The molecule has 34 heavy (non-hydrogen) atoms. The number of aliphatic hydroxyl groups is 2. The van der Waals surface area contributed by atoms with Crippen molar-refractivity contribution in [2.24, 2.45) is 0 Å². The quantitative estimate of drug-likeness (QED) is 0.486. The molecule has 2 heterocycles. The van der Waals surface area contributed by atoms with Crippen LogP contribution in [0.1, 0.15) is 30.1 Å². The van der Waals surface area contributed by atoms with E-state index in [1.54, 1.807) is 17.8 Å². The fourth-order valence-electron chi connectivity index (χ4n) is 3.99. The average Bonchev–Trinajstić information content (AvgIpc) is 3.43. The van der Waals surface area contributed by atoms with Gasteiger partial charge < -0.3 is 25.2 Å². The van der Waals surface area contributed by atoms with E-state index in [0.717, 1.165) is 16.8 Å². The van der Waals surface area contributed by atoms with E-state index in [1.165, 1.54) is 4.90 Å². The van der Waals surface area contributed by atoms with Crippen LogP contribution in [0.2, 0.25) is 0 Å². The molecule has 1 aromatic heterocycles. The standard InChI is InChI=1S/C25H28N4O5/c1-17(18-8-10-20(11-9-18)29-13-5-12-26-29)27-24(32)22(30)23(31)25(33)28-14-15-34-16-21(28)19-6-3-2-4-7-19/h2-13,17,21-23,30-31H,14-16H2,1H3,(H,27,32)/t17-,21?,22-,23-/m1/s1. The number of hydrogen-bond donors (Lipinski definition) is 3. The number of nitrogens with zero attached hydrogens (tertiary/aromatic N) is 3. The zero-order valence-electron chi connectivity index (χ0n) is 18.8. The molecule has 1 aliphatic rings. The van der Waals surface area contributed by atoms with Gasteiger partial charge >= 0.3 is 0 Å². The maximum absolute atomic E-state index is 13.0. The number of hydrogen-bond acceptors (Lipinski definition) is 6. The third kappa shape index (κ3) is 5.17. The molecule has 4 atom stereocenters. The Morgan fingerprint density at radius 3 is 2.47 bits per heavy atom. The van der Waals surface area contributed by atoms with Crippen LogP contribution in [0.3, 0.4) is 0 Å². The molecule has 3 N–H and O–H groups in total. The molecule has 4 rings (SSSR count). The van der Waals surface area contributed by atoms with Gasteiger partial charge in [-0.05, 0) is 36.2 Å². The first-order chi connectivity index (χ1) is 16.5. The fraction of sp³-hybridized carbons (Fsp3) is 0.320. The van der Waals surface area contributed by atoms with Crippen LogP contribution in [0.5, 0.6) is 0 Å². The number of morpholine rings is 1. The number of nitrogens with one attached hydrogen (secondary N) is 1. The first kappa shape index (κ1) is 23.6. The lowest BCUT2D eigenvalue weighted by atomic mass is 10.0. The van der Waals surface area contributed by atoms with Gasteiger partial charge in [0.1, 0.15) is 0 Å². The molecule has 0 aliphatic carbocycles. The first-order valence-electron chi connectivity index (χ1n) is 11.2. The molecule has 9 heteroatoms. The Morgan fingerprint density at radius 2 is 1.79 bits per heavy atom. The van der Waals surface area contributed by atoms with Gasteiger partial charge in [0, 0.05) is 18.9 Å². The summed E-state index contributed by atoms with van der Waals surface area (Å²) in [6.45, 7) is 2.60. The van der Waals surface area contributed by atoms with Gasteiger partial charge in [0.05, 0.1) is 31.0 Å². The van der Waals surface area contributed by atoms with E-state index in [2.05, 4.69) is 10.4 Å². The largest absolute Gasteiger partial charge is 0.380 e. The maximum Gasteiger partial charge on any atom is 0.255 e. The lowest BCUT2D eigenvalue weighted by Gasteiger charge is -2.37. The van der Waals surface area contributed by atoms with Gasteiger partial charge in [-0.1, -0.05) is 42.5 Å². The summed E-state index contributed by atoms with van der Waals surface area (Å²) >= 11 is 0. The van der Waals surface area contributed by atoms with E-state index in [-0.39, 0.29) is 13.2 Å². The molecule has 178 valence electrons. The number of benzene rings is 2. The van der Waals surface area contributed by atoms with Crippen molar-refractivity contribution in [3.63, 3.8) is 0 Å². The summed E-state index contributed by atoms with van der Waals surface area (Å²) in [6, 6.07) is 17.7. The fourth-order valence-corrected chi connectivity index (χ4v) is 3.99. The van der Waals surface area contributed by atoms with Gasteiger partial charge in [0.2, 0.25) is 0 Å². The van der Waals surface area contributed by atoms with Crippen molar-refractivity contribution in [1.82, 2.24) is 20.0 Å². The number of aliphatic hydroxyl groups excluding tert-OH is 2. The van der Waals surface area contributed by atoms with Gasteiger partial charge in [-0.25, -0.2) is 4.68 Å². The van der Waals surface area contributed by atoms with Crippen molar-refractivity contribution in [3.8, 4) is 5.69 Å². The van der Waals surface area contributed by atoms with Crippen LogP contribution >= 0.6 is 0 Å². The van der Waals surface area contributed by atoms with Crippen LogP contribution in [0, 0.1) is 0 Å². The van der Waals surface area contributed by atoms with Gasteiger partial charge in [0.25, 0.3) is 11.8 Å². The van der Waals surface area contributed by atoms with Crippen molar-refractivity contribution < 1.29 is 24.5 Å². The molecular weight excluding hydrogens is 436 g/mol. The minimum Gasteiger partial charge on any atom is -0.380 e. The number of carbonyl (C=O) groups excluding carboxylic acids is 2. The molecule has 9 nitrogen and oxygen atoms in total. The highest BCUT2D eigenvalue weighted by Crippen LogP contribution is 2.25. The van der Waals surface area contributed by atoms with Crippen molar-refractivity contribution in [2.45, 2.75) is 31.2 Å². The molecule has 0 bridgehead atoms. The Bertz CT molecular complexity index is 1090. The number of ether oxygens (including phenoxy) is 1. The smallest absolute Gasteiger partial charge is 0.255 e. The Morgan fingerprint density at radius 1 is 1.06 bits per heavy atom. The molecule has 0 saturated carbocycles. The van der Waals surface area contributed by atoms with Gasteiger partial charge in [0.15, 0.2) is 12.2 Å². The van der Waals surface area contributed by atoms with E-state index in [1.807, 2.05) is 66.9 Å². The predicted molar refractivity (Wildman–Crippen MR) is 124 cm³/mol. The number of aromatic nitrogens is 2. The Hall–Kier alpha value is -3.53. The SMILES string of the molecule is C[C@@H](NC(=O)[C@H](O)[C@@H](O)C(=O)N1CCOCC1c1ccccc1)c1ccc(-n2cccn2)cc1. The van der Waals surface area contributed by atoms with Crippen molar-refractivity contribution in [1.29, 1.82) is 0 Å². The van der Waals surface area contributed by atoms with Crippen LogP contribution in [0.25, 0.3) is 5.69 Å². The summed E-state index contributed by atoms with van der Waals surface area (Å²) in [6.07, 6.45) is -0.286. The maximum atomic E-state index is 13.0. The Kier molecular flexibility index (Phi) is 7.36. The topological polar surface area (TPSA) is 117 Å². The normalized spacial score (nSPS) is 18.7. The average molecular weight is 465 g/mol. The second-order valence-corrected chi connectivity index (χ2v) is 8.20. The molecule has 1 fully saturated rings. The van der Waals surface area contributed by atoms with Crippen LogP contribution in [0.15, 0.2) is 73.1 Å². The number of carbonyl (C=O) groups is 2. The molecule has 0 radical (unpaired) electrons. The van der Waals surface area contributed by atoms with Crippen molar-refractivity contribution >= 4 is 11.8 Å². The van der Waals surface area contributed by atoms with Crippen molar-refractivity contribution in [2.75, 3.05) is 19.8 Å². The van der Waals surface area contributed by atoms with Crippen LogP contribution in [0.4, 0.5) is 0 Å². The minimum absolute atomic E-state index is 0.253. The Labute approximate surface area is 197 Å². The third-order valence-electron chi connectivity index (χ3n) is 5.94. The predicted octanol–water partition coefficient (Wildman–Crippen LogP) is 1.37. The van der Waals surface area contributed by atoms with E-state index in [9.17, 15) is 19.8 Å². The molecule has 1 saturated heterocycles. The van der Waals surface area contributed by atoms with Gasteiger partial charge in [-0.15, -0.1) is 0 Å². The summed E-state index contributed by atoms with van der Waals surface area (Å²) in [4.78, 5) is 27.1. The molecule has 1 aliphatic heterocycles. The van der Waals surface area contributed by atoms with Crippen LogP contribution in [-0.4, -0.2) is 68.7 Å². The van der Waals surface area contributed by atoms with Crippen LogP contribution < -0.4 is 5.32 Å². The summed E-state index contributed by atoms with van der Waals surface area (Å²) in [5.74, 6) is -1.54. The van der Waals surface area contributed by atoms with E-state index < -0.39 is 36.1 Å². The molecule has 0 spiro atoms. The highest BCUT2D eigenvalue weighted by atomic mass is 16.5. The summed E-state index contributed by atoms with van der Waals surface area (Å²) in [5, 5.41) is 27.8. The highest BCUT2D eigenvalue weighted by molar-refractivity contribution is 5.91. The third-order valence-corrected chi connectivity index (χ3v) is 5.94. The van der Waals surface area contributed by atoms with E-state index >= 15 is 0 Å². The van der Waals surface area contributed by atoms with E-state index in [0.29, 0.717) is 6.61 Å². The molecule has 1 unspecified atom stereocenters. The summed E-state index contributed by atoms with van der Waals surface area (Å²) in [5.41, 5.74) is 2.52. The second-order valence-electron chi connectivity index (χ2n) is 8.20. The molecule has 3 aromatic rings. The second kappa shape index (κ2) is 10.6. The molecule has 2 aromatic carbocycles. The summed E-state index contributed by atoms with van der Waals surface area (Å²) < 4.78 is 7.23. The number of rotatable bonds is 7. The van der Waals surface area contributed by atoms with Crippen molar-refractivity contribution in [3.05, 3.63) is 84.2 Å². The zero-order chi connectivity index (χ0) is 24.1. The molecule has 2 amide bonds. The van der Waals surface area contributed by atoms with Gasteiger partial charge in [-0.2, -0.15) is 5.10 Å². The minimum atomic E-state index is -1.91. The van der Waals surface area contributed by atoms with E-state index in [4.69, 9.17) is 4.74 Å². The van der Waals surface area contributed by atoms with Crippen LogP contribution in [-0.2, 0) is 14.3 Å². The lowest BCUT2D eigenvalue weighted by Crippen LogP contribution is -2.54. The molecular formula is C25H28N4O5. The monoisotopic (exact) mass is 464 g/mol.